The first-order valence-corrected chi connectivity index (χ1v) is 8.91. The number of aromatic nitrogens is 2. The Balaban J connectivity index is 1.57. The van der Waals surface area contributed by atoms with Crippen molar-refractivity contribution in [3.63, 3.8) is 0 Å². The summed E-state index contributed by atoms with van der Waals surface area (Å²) in [6, 6.07) is 22.8. The lowest BCUT2D eigenvalue weighted by Gasteiger charge is -2.02. The number of nitrogens with one attached hydrogen (secondary N) is 1. The third-order valence-corrected chi connectivity index (χ3v) is 4.58. The van der Waals surface area contributed by atoms with Gasteiger partial charge >= 0.3 is 0 Å². The Morgan fingerprint density at radius 1 is 0.815 bits per heavy atom. The summed E-state index contributed by atoms with van der Waals surface area (Å²) in [6.45, 7) is 0. The topological polar surface area (TPSA) is 28.7 Å². The minimum absolute atomic E-state index is 0.285. The standard InChI is InChI=1S/C23H16ClFN2/c24-19-7-4-8-20(25)22(19)23-26-15-21(27-23)18-13-11-17(12-14-18)10-9-16-5-2-1-3-6-16/h1-15H,(H,26,27)/b10-9+. The van der Waals surface area contributed by atoms with E-state index in [2.05, 4.69) is 34.3 Å². The summed E-state index contributed by atoms with van der Waals surface area (Å²) in [5.41, 5.74) is 4.31. The van der Waals surface area contributed by atoms with E-state index in [1.807, 2.05) is 42.5 Å². The Morgan fingerprint density at radius 2 is 1.52 bits per heavy atom. The molecule has 0 aliphatic heterocycles. The molecule has 0 amide bonds. The highest BCUT2D eigenvalue weighted by Crippen LogP contribution is 2.30. The SMILES string of the molecule is Fc1cccc(Cl)c1-c1ncc(-c2ccc(/C=C/c3ccccc3)cc2)[nH]1. The molecule has 0 saturated carbocycles. The molecule has 0 aliphatic rings. The number of halogens is 2. The number of hydrogen-bond acceptors (Lipinski definition) is 1. The molecule has 2 nitrogen and oxygen atoms in total. The molecule has 1 aromatic heterocycles. The van der Waals surface area contributed by atoms with Crippen LogP contribution in [-0.4, -0.2) is 9.97 Å². The predicted octanol–water partition coefficient (Wildman–Crippen LogP) is 6.71. The van der Waals surface area contributed by atoms with Crippen LogP contribution in [0.15, 0.2) is 79.0 Å². The summed E-state index contributed by atoms with van der Waals surface area (Å²) in [5, 5.41) is 0.331. The molecule has 0 spiro atoms. The van der Waals surface area contributed by atoms with E-state index in [4.69, 9.17) is 11.6 Å². The molecule has 0 bridgehead atoms. The van der Waals surface area contributed by atoms with Crippen LogP contribution in [0.3, 0.4) is 0 Å². The van der Waals surface area contributed by atoms with Crippen molar-refractivity contribution in [1.29, 1.82) is 0 Å². The quantitative estimate of drug-likeness (QED) is 0.395. The van der Waals surface area contributed by atoms with Crippen molar-refractivity contribution in [3.8, 4) is 22.6 Å². The molecule has 0 saturated heterocycles. The van der Waals surface area contributed by atoms with Crippen LogP contribution in [0.5, 0.6) is 0 Å². The summed E-state index contributed by atoms with van der Waals surface area (Å²) in [7, 11) is 0. The van der Waals surface area contributed by atoms with Gasteiger partial charge in [0.15, 0.2) is 0 Å². The zero-order valence-corrected chi connectivity index (χ0v) is 15.1. The Labute approximate surface area is 162 Å². The minimum Gasteiger partial charge on any atom is -0.338 e. The number of imidazole rings is 1. The highest BCUT2D eigenvalue weighted by Gasteiger charge is 2.13. The Kier molecular flexibility index (Phi) is 4.86. The molecule has 4 heteroatoms. The van der Waals surface area contributed by atoms with Crippen LogP contribution in [0, 0.1) is 5.82 Å². The highest BCUT2D eigenvalue weighted by atomic mass is 35.5. The molecule has 1 N–H and O–H groups in total. The first-order chi connectivity index (χ1) is 13.2. The second-order valence-electron chi connectivity index (χ2n) is 6.11. The first kappa shape index (κ1) is 17.3. The van der Waals surface area contributed by atoms with Gasteiger partial charge in [-0.15, -0.1) is 0 Å². The van der Waals surface area contributed by atoms with E-state index in [0.29, 0.717) is 10.8 Å². The average molecular weight is 375 g/mol. The molecule has 3 aromatic carbocycles. The van der Waals surface area contributed by atoms with E-state index in [9.17, 15) is 4.39 Å². The zero-order chi connectivity index (χ0) is 18.6. The Morgan fingerprint density at radius 3 is 2.22 bits per heavy atom. The Hall–Kier alpha value is -3.17. The van der Waals surface area contributed by atoms with Crippen molar-refractivity contribution < 1.29 is 4.39 Å². The van der Waals surface area contributed by atoms with Gasteiger partial charge in [-0.1, -0.05) is 84.4 Å². The summed E-state index contributed by atoms with van der Waals surface area (Å²) in [6.07, 6.45) is 5.83. The molecular weight excluding hydrogens is 359 g/mol. The number of rotatable bonds is 4. The maximum absolute atomic E-state index is 14.1. The summed E-state index contributed by atoms with van der Waals surface area (Å²) in [4.78, 5) is 7.44. The fourth-order valence-corrected chi connectivity index (χ4v) is 3.10. The van der Waals surface area contributed by atoms with Gasteiger partial charge in [-0.25, -0.2) is 9.37 Å². The second-order valence-corrected chi connectivity index (χ2v) is 6.52. The van der Waals surface area contributed by atoms with Gasteiger partial charge in [0, 0.05) is 0 Å². The molecule has 0 unspecified atom stereocenters. The maximum Gasteiger partial charge on any atom is 0.142 e. The molecule has 27 heavy (non-hydrogen) atoms. The van der Waals surface area contributed by atoms with E-state index in [-0.39, 0.29) is 5.56 Å². The monoisotopic (exact) mass is 374 g/mol. The van der Waals surface area contributed by atoms with Gasteiger partial charge < -0.3 is 4.98 Å². The van der Waals surface area contributed by atoms with E-state index in [0.717, 1.165) is 22.4 Å². The largest absolute Gasteiger partial charge is 0.338 e. The minimum atomic E-state index is -0.398. The maximum atomic E-state index is 14.1. The lowest BCUT2D eigenvalue weighted by atomic mass is 10.1. The molecule has 1 heterocycles. The van der Waals surface area contributed by atoms with Crippen LogP contribution in [0.1, 0.15) is 11.1 Å². The Bertz CT molecular complexity index is 1060. The van der Waals surface area contributed by atoms with Crippen molar-refractivity contribution in [2.75, 3.05) is 0 Å². The van der Waals surface area contributed by atoms with Gasteiger partial charge in [-0.05, 0) is 28.8 Å². The number of aromatic amines is 1. The number of hydrogen-bond donors (Lipinski definition) is 1. The third-order valence-electron chi connectivity index (χ3n) is 4.26. The molecule has 132 valence electrons. The van der Waals surface area contributed by atoms with E-state index >= 15 is 0 Å². The van der Waals surface area contributed by atoms with Gasteiger partial charge in [0.25, 0.3) is 0 Å². The molecule has 0 aliphatic carbocycles. The van der Waals surface area contributed by atoms with Gasteiger partial charge in [-0.3, -0.25) is 0 Å². The van der Waals surface area contributed by atoms with Crippen molar-refractivity contribution in [1.82, 2.24) is 9.97 Å². The van der Waals surface area contributed by atoms with E-state index < -0.39 is 5.82 Å². The molecule has 0 atom stereocenters. The molecule has 4 aromatic rings. The fourth-order valence-electron chi connectivity index (χ4n) is 2.85. The summed E-state index contributed by atoms with van der Waals surface area (Å²) < 4.78 is 14.1. The van der Waals surface area contributed by atoms with E-state index in [1.165, 1.54) is 6.07 Å². The van der Waals surface area contributed by atoms with Gasteiger partial charge in [0.1, 0.15) is 11.6 Å². The highest BCUT2D eigenvalue weighted by molar-refractivity contribution is 6.33. The van der Waals surface area contributed by atoms with Crippen LogP contribution in [-0.2, 0) is 0 Å². The van der Waals surface area contributed by atoms with Crippen LogP contribution in [0.2, 0.25) is 5.02 Å². The first-order valence-electron chi connectivity index (χ1n) is 8.54. The lowest BCUT2D eigenvalue weighted by molar-refractivity contribution is 0.630. The average Bonchev–Trinajstić information content (AvgIpc) is 3.17. The third kappa shape index (κ3) is 3.83. The summed E-state index contributed by atoms with van der Waals surface area (Å²) >= 11 is 6.12. The van der Waals surface area contributed by atoms with Crippen molar-refractivity contribution in [2.45, 2.75) is 0 Å². The van der Waals surface area contributed by atoms with Crippen LogP contribution < -0.4 is 0 Å². The van der Waals surface area contributed by atoms with Crippen LogP contribution >= 0.6 is 11.6 Å². The van der Waals surface area contributed by atoms with Crippen molar-refractivity contribution in [3.05, 3.63) is 101 Å². The molecular formula is C23H16ClFN2. The normalized spacial score (nSPS) is 11.2. The number of nitrogens with zero attached hydrogens (tertiary/aromatic N) is 1. The van der Waals surface area contributed by atoms with Crippen molar-refractivity contribution in [2.24, 2.45) is 0 Å². The predicted molar refractivity (Wildman–Crippen MR) is 110 cm³/mol. The van der Waals surface area contributed by atoms with Crippen LogP contribution in [0.4, 0.5) is 4.39 Å². The fraction of sp³-hybridized carbons (Fsp3) is 0. The second kappa shape index (κ2) is 7.60. The van der Waals surface area contributed by atoms with Gasteiger partial charge in [0.05, 0.1) is 22.5 Å². The number of benzene rings is 3. The van der Waals surface area contributed by atoms with Gasteiger partial charge in [0.2, 0.25) is 0 Å². The van der Waals surface area contributed by atoms with Crippen LogP contribution in [0.25, 0.3) is 34.8 Å². The van der Waals surface area contributed by atoms with Gasteiger partial charge in [-0.2, -0.15) is 0 Å². The lowest BCUT2D eigenvalue weighted by Crippen LogP contribution is -1.88. The van der Waals surface area contributed by atoms with Crippen molar-refractivity contribution >= 4 is 23.8 Å². The molecule has 0 fully saturated rings. The summed E-state index contributed by atoms with van der Waals surface area (Å²) in [5.74, 6) is 0.0194. The zero-order valence-electron chi connectivity index (χ0n) is 14.4. The molecule has 4 rings (SSSR count). The van der Waals surface area contributed by atoms with E-state index in [1.54, 1.807) is 18.3 Å². The smallest absolute Gasteiger partial charge is 0.142 e. The number of H-pyrrole nitrogens is 1. The molecule has 0 radical (unpaired) electrons.